The van der Waals surface area contributed by atoms with E-state index in [9.17, 15) is 8.78 Å². The van der Waals surface area contributed by atoms with E-state index in [-0.39, 0.29) is 23.3 Å². The zero-order valence-corrected chi connectivity index (χ0v) is 11.5. The lowest BCUT2D eigenvalue weighted by atomic mass is 10.1. The topological polar surface area (TPSA) is 53.7 Å². The lowest BCUT2D eigenvalue weighted by Gasteiger charge is -2.16. The van der Waals surface area contributed by atoms with Gasteiger partial charge < -0.3 is 19.9 Å². The Labute approximate surface area is 121 Å². The Bertz CT molecular complexity index is 560. The van der Waals surface area contributed by atoms with Gasteiger partial charge in [0.1, 0.15) is 0 Å². The third-order valence-corrected chi connectivity index (χ3v) is 2.45. The molecule has 112 valence electrons. The van der Waals surface area contributed by atoms with Crippen LogP contribution in [0, 0.1) is 0 Å². The summed E-state index contributed by atoms with van der Waals surface area (Å²) in [6.07, 6.45) is -1.94. The molecule has 1 aromatic rings. The molecule has 0 radical (unpaired) electrons. The quantitative estimate of drug-likeness (QED) is 0.818. The zero-order chi connectivity index (χ0) is 17.8. The van der Waals surface area contributed by atoms with E-state index in [1.165, 1.54) is 26.4 Å². The molecule has 4 nitrogen and oxygen atoms in total. The largest absolute Gasteiger partial charge is 0.493 e. The summed E-state index contributed by atoms with van der Waals surface area (Å²) in [6.45, 7) is -1.31. The van der Waals surface area contributed by atoms with Gasteiger partial charge in [0.15, 0.2) is 17.3 Å². The highest BCUT2D eigenvalue weighted by Gasteiger charge is 2.17. The molecule has 0 bridgehead atoms. The highest BCUT2D eigenvalue weighted by Crippen LogP contribution is 2.40. The van der Waals surface area contributed by atoms with Gasteiger partial charge in [-0.3, -0.25) is 0 Å². The number of benzene rings is 1. The number of rotatable bonds is 6. The predicted octanol–water partition coefficient (Wildman–Crippen LogP) is 3.10. The van der Waals surface area contributed by atoms with E-state index >= 15 is 0 Å². The van der Waals surface area contributed by atoms with Gasteiger partial charge in [-0.2, -0.15) is 8.78 Å². The van der Waals surface area contributed by atoms with Crippen molar-refractivity contribution in [2.24, 2.45) is 5.73 Å². The monoisotopic (exact) mass is 290 g/mol. The van der Waals surface area contributed by atoms with Crippen molar-refractivity contribution < 1.29 is 27.1 Å². The second-order valence-corrected chi connectivity index (χ2v) is 4.20. The fourth-order valence-electron chi connectivity index (χ4n) is 1.67. The average molecular weight is 290 g/mol. The zero-order valence-electron chi connectivity index (χ0n) is 14.5. The van der Waals surface area contributed by atoms with E-state index in [1.807, 2.05) is 0 Å². The van der Waals surface area contributed by atoms with Crippen molar-refractivity contribution in [3.05, 3.63) is 29.5 Å². The summed E-state index contributed by atoms with van der Waals surface area (Å²) in [5.41, 5.74) is 6.47. The van der Waals surface area contributed by atoms with Crippen molar-refractivity contribution in [2.75, 3.05) is 14.2 Å². The third-order valence-electron chi connectivity index (χ3n) is 2.45. The molecule has 0 aliphatic rings. The molecule has 1 rings (SSSR count). The van der Waals surface area contributed by atoms with Crippen molar-refractivity contribution in [1.29, 1.82) is 0 Å². The summed E-state index contributed by atoms with van der Waals surface area (Å²) in [5, 5.41) is 0. The highest BCUT2D eigenvalue weighted by molar-refractivity contribution is 5.54. The molecule has 0 spiro atoms. The summed E-state index contributed by atoms with van der Waals surface area (Å²) in [7, 11) is 2.61. The second kappa shape index (κ2) is 7.09. The minimum Gasteiger partial charge on any atom is -0.493 e. The number of hydrogen-bond acceptors (Lipinski definition) is 4. The van der Waals surface area contributed by atoms with E-state index in [2.05, 4.69) is 0 Å². The Balaban J connectivity index is 3.37. The number of ether oxygens (including phenoxy) is 3. The first-order chi connectivity index (χ1) is 10.6. The molecule has 0 saturated heterocycles. The number of hydrogen-bond donors (Lipinski definition) is 1. The molecule has 0 aliphatic heterocycles. The van der Waals surface area contributed by atoms with Gasteiger partial charge in [0, 0.05) is 10.2 Å². The molecule has 1 unspecified atom stereocenters. The van der Waals surface area contributed by atoms with Gasteiger partial charge in [-0.1, -0.05) is 0 Å². The van der Waals surface area contributed by atoms with Crippen LogP contribution in [0.4, 0.5) is 8.78 Å². The number of nitrogens with two attached hydrogens (primary N) is 1. The summed E-state index contributed by atoms with van der Waals surface area (Å²) in [5.74, 6) is -1.51. The fraction of sp³-hybridized carbons (Fsp3) is 0.429. The molecule has 1 aromatic carbocycles. The van der Waals surface area contributed by atoms with Crippen molar-refractivity contribution in [3.63, 3.8) is 0 Å². The summed E-state index contributed by atoms with van der Waals surface area (Å²) >= 11 is 0. The second-order valence-electron chi connectivity index (χ2n) is 4.20. The van der Waals surface area contributed by atoms with Crippen LogP contribution in [0.3, 0.4) is 0 Å². The van der Waals surface area contributed by atoms with Crippen molar-refractivity contribution in [1.82, 2.24) is 0 Å². The summed E-state index contributed by atoms with van der Waals surface area (Å²) < 4.78 is 62.3. The van der Waals surface area contributed by atoms with Crippen LogP contribution >= 0.6 is 0 Å². The maximum atomic E-state index is 12.9. The molecular weight excluding hydrogens is 268 g/mol. The van der Waals surface area contributed by atoms with Crippen molar-refractivity contribution in [3.8, 4) is 17.2 Å². The molecule has 0 amide bonds. The smallest absolute Gasteiger partial charge is 0.307 e. The van der Waals surface area contributed by atoms with E-state index in [0.29, 0.717) is 6.42 Å². The summed E-state index contributed by atoms with van der Waals surface area (Å²) in [6, 6.07) is 2.93. The van der Waals surface area contributed by atoms with Crippen LogP contribution in [-0.4, -0.2) is 20.3 Å². The molecule has 0 aromatic heterocycles. The van der Waals surface area contributed by atoms with Crippen LogP contribution < -0.4 is 19.9 Å². The summed E-state index contributed by atoms with van der Waals surface area (Å²) in [4.78, 5) is 0. The Hall–Kier alpha value is -1.82. The average Bonchev–Trinajstić information content (AvgIpc) is 2.42. The molecule has 0 fully saturated rings. The van der Waals surface area contributed by atoms with Crippen LogP contribution in [0.2, 0.25) is 0 Å². The Kier molecular flexibility index (Phi) is 4.24. The van der Waals surface area contributed by atoms with Gasteiger partial charge >= 0.3 is 6.08 Å². The van der Waals surface area contributed by atoms with Crippen LogP contribution in [0.5, 0.6) is 17.2 Å². The predicted molar refractivity (Wildman–Crippen MR) is 72.4 cm³/mol. The third kappa shape index (κ3) is 4.09. The van der Waals surface area contributed by atoms with Gasteiger partial charge in [0.2, 0.25) is 5.75 Å². The first-order valence-corrected chi connectivity index (χ1v) is 5.84. The Morgan fingerprint density at radius 3 is 2.20 bits per heavy atom. The van der Waals surface area contributed by atoms with Crippen LogP contribution in [0.15, 0.2) is 24.0 Å². The molecule has 1 atom stereocenters. The molecule has 0 aliphatic carbocycles. The normalized spacial score (nSPS) is 14.6. The number of halogens is 2. The molecule has 6 heteroatoms. The number of allylic oxidation sites excluding steroid dienone is 1. The molecule has 2 N–H and O–H groups in total. The van der Waals surface area contributed by atoms with Crippen LogP contribution in [-0.2, 0) is 6.42 Å². The van der Waals surface area contributed by atoms with Crippen LogP contribution in [0.1, 0.15) is 23.5 Å². The van der Waals surface area contributed by atoms with Crippen molar-refractivity contribution in [2.45, 2.75) is 26.2 Å². The van der Waals surface area contributed by atoms with Gasteiger partial charge in [0.25, 0.3) is 0 Å². The first kappa shape index (κ1) is 12.0. The lowest BCUT2D eigenvalue weighted by Crippen LogP contribution is -2.17. The molecule has 0 saturated carbocycles. The van der Waals surface area contributed by atoms with E-state index in [1.54, 1.807) is 6.92 Å². The minimum absolute atomic E-state index is 0.0722. The standard InChI is InChI=1S/C14H19F2NO3/c1-8(17)5-10-6-11(18-3)13(12(7-10)19-4)20-9(2)14(15)16/h6-8H,5,17H2,1-4H3/i2D3. The SMILES string of the molecule is [2H]C([2H])([2H])C(Oc1c(OC)cc(CC(C)N)cc1OC)=C(F)F. The molecule has 20 heavy (non-hydrogen) atoms. The minimum atomic E-state index is -3.11. The van der Waals surface area contributed by atoms with E-state index in [4.69, 9.17) is 24.1 Å². The van der Waals surface area contributed by atoms with Crippen molar-refractivity contribution >= 4 is 0 Å². The van der Waals surface area contributed by atoms with Gasteiger partial charge in [0.05, 0.1) is 14.2 Å². The first-order valence-electron chi connectivity index (χ1n) is 7.34. The van der Waals surface area contributed by atoms with Gasteiger partial charge in [-0.05, 0) is 37.9 Å². The lowest BCUT2D eigenvalue weighted by molar-refractivity contribution is 0.297. The van der Waals surface area contributed by atoms with Crippen LogP contribution in [0.25, 0.3) is 0 Å². The highest BCUT2D eigenvalue weighted by atomic mass is 19.3. The fourth-order valence-corrected chi connectivity index (χ4v) is 1.67. The van der Waals surface area contributed by atoms with E-state index < -0.39 is 18.7 Å². The maximum Gasteiger partial charge on any atom is 0.307 e. The van der Waals surface area contributed by atoms with Gasteiger partial charge in [-0.15, -0.1) is 0 Å². The number of methoxy groups -OCH3 is 2. The Morgan fingerprint density at radius 1 is 1.30 bits per heavy atom. The Morgan fingerprint density at radius 2 is 1.85 bits per heavy atom. The van der Waals surface area contributed by atoms with E-state index in [0.717, 1.165) is 5.56 Å². The van der Waals surface area contributed by atoms with Gasteiger partial charge in [-0.25, -0.2) is 0 Å². The molecule has 0 heterocycles. The molecular formula is C14H19F2NO3. The maximum absolute atomic E-state index is 12.9.